The van der Waals surface area contributed by atoms with E-state index in [1.807, 2.05) is 12.3 Å². The normalized spacial score (nSPS) is 11.8. The minimum absolute atomic E-state index is 0.0997. The third kappa shape index (κ3) is 2.80. The van der Waals surface area contributed by atoms with E-state index in [4.69, 9.17) is 0 Å². The molecule has 0 bridgehead atoms. The van der Waals surface area contributed by atoms with Crippen LogP contribution in [0.2, 0.25) is 0 Å². The molecule has 0 N–H and O–H groups in total. The van der Waals surface area contributed by atoms with E-state index in [9.17, 15) is 13.6 Å². The molecule has 0 aliphatic heterocycles. The van der Waals surface area contributed by atoms with Gasteiger partial charge in [0.15, 0.2) is 5.16 Å². The number of alkyl halides is 2. The Morgan fingerprint density at radius 3 is 2.77 bits per heavy atom. The molecule has 9 heteroatoms. The van der Waals surface area contributed by atoms with Crippen molar-refractivity contribution in [1.29, 1.82) is 0 Å². The predicted molar refractivity (Wildman–Crippen MR) is 100 cm³/mol. The molecule has 4 aromatic rings. The SMILES string of the molecule is CCn1c(SCc2nc3ccccc3n2C(F)F)nc2ccsc2c1=O. The second-order valence-electron chi connectivity index (χ2n) is 5.53. The predicted octanol–water partition coefficient (Wildman–Crippen LogP) is 4.52. The van der Waals surface area contributed by atoms with Gasteiger partial charge in [-0.1, -0.05) is 23.9 Å². The van der Waals surface area contributed by atoms with Crippen molar-refractivity contribution in [3.8, 4) is 0 Å². The molecule has 4 rings (SSSR count). The molecule has 0 amide bonds. The number of hydrogen-bond donors (Lipinski definition) is 0. The number of halogens is 2. The highest BCUT2D eigenvalue weighted by Crippen LogP contribution is 2.28. The number of aromatic nitrogens is 4. The van der Waals surface area contributed by atoms with Gasteiger partial charge in [-0.3, -0.25) is 13.9 Å². The van der Waals surface area contributed by atoms with Gasteiger partial charge >= 0.3 is 6.55 Å². The topological polar surface area (TPSA) is 52.7 Å². The highest BCUT2D eigenvalue weighted by molar-refractivity contribution is 7.98. The molecule has 0 aliphatic rings. The summed E-state index contributed by atoms with van der Waals surface area (Å²) >= 11 is 2.60. The van der Waals surface area contributed by atoms with E-state index in [0.717, 1.165) is 4.57 Å². The lowest BCUT2D eigenvalue weighted by molar-refractivity contribution is 0.0722. The molecule has 1 aromatic carbocycles. The molecular formula is C17H14F2N4OS2. The van der Waals surface area contributed by atoms with Gasteiger partial charge in [0, 0.05) is 6.54 Å². The quantitative estimate of drug-likeness (QED) is 0.370. The van der Waals surface area contributed by atoms with Crippen molar-refractivity contribution in [1.82, 2.24) is 19.1 Å². The molecular weight excluding hydrogens is 378 g/mol. The number of imidazole rings is 1. The first-order chi connectivity index (χ1) is 12.6. The summed E-state index contributed by atoms with van der Waals surface area (Å²) in [5.41, 5.74) is 1.46. The van der Waals surface area contributed by atoms with Crippen LogP contribution in [0.3, 0.4) is 0 Å². The maximum atomic E-state index is 13.5. The second-order valence-corrected chi connectivity index (χ2v) is 7.39. The molecule has 3 heterocycles. The fourth-order valence-corrected chi connectivity index (χ4v) is 4.63. The van der Waals surface area contributed by atoms with Crippen molar-refractivity contribution in [2.45, 2.75) is 30.9 Å². The Morgan fingerprint density at radius 2 is 2.00 bits per heavy atom. The van der Waals surface area contributed by atoms with Gasteiger partial charge < -0.3 is 0 Å². The zero-order valence-corrected chi connectivity index (χ0v) is 15.4. The molecule has 0 saturated heterocycles. The van der Waals surface area contributed by atoms with Gasteiger partial charge in [-0.2, -0.15) is 8.78 Å². The number of hydrogen-bond acceptors (Lipinski definition) is 5. The van der Waals surface area contributed by atoms with Gasteiger partial charge in [0.25, 0.3) is 5.56 Å². The number of fused-ring (bicyclic) bond motifs is 2. The maximum absolute atomic E-state index is 13.5. The van der Waals surface area contributed by atoms with Crippen molar-refractivity contribution in [2.75, 3.05) is 0 Å². The van der Waals surface area contributed by atoms with Crippen LogP contribution in [0.15, 0.2) is 45.7 Å². The van der Waals surface area contributed by atoms with Crippen LogP contribution in [0.4, 0.5) is 8.78 Å². The molecule has 5 nitrogen and oxygen atoms in total. The molecule has 0 spiro atoms. The number of rotatable bonds is 5. The van der Waals surface area contributed by atoms with E-state index in [-0.39, 0.29) is 17.1 Å². The highest BCUT2D eigenvalue weighted by Gasteiger charge is 2.19. The summed E-state index contributed by atoms with van der Waals surface area (Å²) in [4.78, 5) is 21.4. The van der Waals surface area contributed by atoms with Crippen LogP contribution < -0.4 is 5.56 Å². The summed E-state index contributed by atoms with van der Waals surface area (Å²) in [6, 6.07) is 8.60. The average Bonchev–Trinajstić information content (AvgIpc) is 3.24. The van der Waals surface area contributed by atoms with Gasteiger partial charge in [-0.05, 0) is 30.5 Å². The van der Waals surface area contributed by atoms with Gasteiger partial charge in [-0.25, -0.2) is 9.97 Å². The molecule has 0 atom stereocenters. The van der Waals surface area contributed by atoms with Gasteiger partial charge in [-0.15, -0.1) is 11.3 Å². The Bertz CT molecular complexity index is 1150. The fraction of sp³-hybridized carbons (Fsp3) is 0.235. The van der Waals surface area contributed by atoms with Crippen molar-refractivity contribution in [3.63, 3.8) is 0 Å². The Morgan fingerprint density at radius 1 is 1.19 bits per heavy atom. The molecule has 0 radical (unpaired) electrons. The molecule has 26 heavy (non-hydrogen) atoms. The molecule has 0 fully saturated rings. The second kappa shape index (κ2) is 6.81. The van der Waals surface area contributed by atoms with E-state index in [0.29, 0.717) is 33.0 Å². The van der Waals surface area contributed by atoms with Gasteiger partial charge in [0.2, 0.25) is 0 Å². The van der Waals surface area contributed by atoms with Crippen molar-refractivity contribution in [2.24, 2.45) is 0 Å². The molecule has 0 saturated carbocycles. The standard InChI is InChI=1S/C17H14F2N4OS2/c1-2-22-15(24)14-11(7-8-25-14)21-17(22)26-9-13-20-10-5-3-4-6-12(10)23(13)16(18)19/h3-8,16H,2,9H2,1H3. The van der Waals surface area contributed by atoms with Crippen LogP contribution in [0, 0.1) is 0 Å². The van der Waals surface area contributed by atoms with E-state index in [1.165, 1.54) is 23.1 Å². The Hall–Kier alpha value is -2.26. The summed E-state index contributed by atoms with van der Waals surface area (Å²) < 4.78 is 30.2. The number of nitrogens with zero attached hydrogens (tertiary/aromatic N) is 4. The van der Waals surface area contributed by atoms with Crippen LogP contribution in [-0.2, 0) is 12.3 Å². The summed E-state index contributed by atoms with van der Waals surface area (Å²) in [6.45, 7) is -0.354. The van der Waals surface area contributed by atoms with E-state index < -0.39 is 6.55 Å². The molecule has 0 aliphatic carbocycles. The summed E-state index contributed by atoms with van der Waals surface area (Å²) in [5, 5.41) is 2.33. The smallest absolute Gasteiger partial charge is 0.287 e. The summed E-state index contributed by atoms with van der Waals surface area (Å²) in [7, 11) is 0. The first-order valence-corrected chi connectivity index (χ1v) is 9.81. The Labute approximate surface area is 155 Å². The Balaban J connectivity index is 1.74. The van der Waals surface area contributed by atoms with Gasteiger partial charge in [0.05, 0.1) is 22.3 Å². The van der Waals surface area contributed by atoms with Crippen LogP contribution in [0.5, 0.6) is 0 Å². The average molecular weight is 392 g/mol. The van der Waals surface area contributed by atoms with Gasteiger partial charge in [0.1, 0.15) is 10.5 Å². The van der Waals surface area contributed by atoms with Crippen molar-refractivity contribution < 1.29 is 8.78 Å². The third-order valence-corrected chi connectivity index (χ3v) is 5.91. The van der Waals surface area contributed by atoms with Crippen LogP contribution >= 0.6 is 23.1 Å². The third-order valence-electron chi connectivity index (χ3n) is 4.04. The highest BCUT2D eigenvalue weighted by atomic mass is 32.2. The van der Waals surface area contributed by atoms with Crippen molar-refractivity contribution >= 4 is 44.3 Å². The monoisotopic (exact) mass is 392 g/mol. The van der Waals surface area contributed by atoms with Crippen LogP contribution in [-0.4, -0.2) is 19.1 Å². The minimum atomic E-state index is -2.68. The molecule has 3 aromatic heterocycles. The van der Waals surface area contributed by atoms with E-state index in [2.05, 4.69) is 9.97 Å². The number of thiophene rings is 1. The minimum Gasteiger partial charge on any atom is -0.287 e. The first kappa shape index (κ1) is 17.2. The van der Waals surface area contributed by atoms with E-state index in [1.54, 1.807) is 34.9 Å². The Kier molecular flexibility index (Phi) is 4.49. The summed E-state index contributed by atoms with van der Waals surface area (Å²) in [5.74, 6) is 0.453. The first-order valence-electron chi connectivity index (χ1n) is 7.95. The van der Waals surface area contributed by atoms with Crippen LogP contribution in [0.1, 0.15) is 19.3 Å². The van der Waals surface area contributed by atoms with E-state index >= 15 is 0 Å². The lowest BCUT2D eigenvalue weighted by Crippen LogP contribution is -2.21. The lowest BCUT2D eigenvalue weighted by atomic mass is 10.3. The van der Waals surface area contributed by atoms with Crippen LogP contribution in [0.25, 0.3) is 21.3 Å². The molecule has 0 unspecified atom stereocenters. The maximum Gasteiger partial charge on any atom is 0.320 e. The number of para-hydroxylation sites is 2. The summed E-state index contributed by atoms with van der Waals surface area (Å²) in [6.07, 6.45) is 0. The zero-order chi connectivity index (χ0) is 18.3. The number of benzene rings is 1. The largest absolute Gasteiger partial charge is 0.320 e. The molecule has 134 valence electrons. The number of thioether (sulfide) groups is 1. The lowest BCUT2D eigenvalue weighted by Gasteiger charge is -2.11. The van der Waals surface area contributed by atoms with Crippen molar-refractivity contribution in [3.05, 3.63) is 51.9 Å². The fourth-order valence-electron chi connectivity index (χ4n) is 2.86. The zero-order valence-electron chi connectivity index (χ0n) is 13.7.